The second-order valence-electron chi connectivity index (χ2n) is 6.17. The van der Waals surface area contributed by atoms with Crippen molar-refractivity contribution in [2.45, 2.75) is 19.3 Å². The van der Waals surface area contributed by atoms with Crippen molar-refractivity contribution in [1.29, 1.82) is 5.26 Å². The number of amides is 1. The molecule has 0 saturated carbocycles. The minimum absolute atomic E-state index is 0.141. The van der Waals surface area contributed by atoms with Crippen LogP contribution in [0.2, 0.25) is 5.15 Å². The van der Waals surface area contributed by atoms with Gasteiger partial charge in [-0.3, -0.25) is 10.1 Å². The lowest BCUT2D eigenvalue weighted by Gasteiger charge is -2.29. The van der Waals surface area contributed by atoms with Crippen molar-refractivity contribution in [3.63, 3.8) is 0 Å². The number of aromatic nitrogens is 1. The summed E-state index contributed by atoms with van der Waals surface area (Å²) < 4.78 is 0. The van der Waals surface area contributed by atoms with E-state index in [-0.39, 0.29) is 11.0 Å². The van der Waals surface area contributed by atoms with E-state index in [1.165, 1.54) is 12.6 Å². The van der Waals surface area contributed by atoms with Gasteiger partial charge in [-0.05, 0) is 61.8 Å². The van der Waals surface area contributed by atoms with Crippen molar-refractivity contribution >= 4 is 46.2 Å². The van der Waals surface area contributed by atoms with Gasteiger partial charge in [-0.2, -0.15) is 5.26 Å². The minimum Gasteiger partial charge on any atom is -0.370 e. The molecule has 0 atom stereocenters. The second kappa shape index (κ2) is 8.80. The van der Waals surface area contributed by atoms with Gasteiger partial charge in [0.2, 0.25) is 0 Å². The quantitative estimate of drug-likeness (QED) is 0.604. The smallest absolute Gasteiger partial charge is 0.257 e. The summed E-state index contributed by atoms with van der Waals surface area (Å²) in [5, 5.41) is 15.5. The molecule has 1 aliphatic heterocycles. The summed E-state index contributed by atoms with van der Waals surface area (Å²) >= 11 is 10.9. The Morgan fingerprint density at radius 2 is 2.00 bits per heavy atom. The number of hydrogen-bond acceptors (Lipinski definition) is 5. The number of hydrogen-bond donors (Lipinski definition) is 2. The van der Waals surface area contributed by atoms with Crippen LogP contribution in [0.5, 0.6) is 0 Å². The molecule has 0 unspecified atom stereocenters. The molecule has 0 bridgehead atoms. The molecule has 2 N–H and O–H groups in total. The average molecular weight is 400 g/mol. The van der Waals surface area contributed by atoms with Gasteiger partial charge in [-0.1, -0.05) is 11.6 Å². The van der Waals surface area contributed by atoms with E-state index in [2.05, 4.69) is 26.6 Å². The Morgan fingerprint density at radius 3 is 2.67 bits per heavy atom. The second-order valence-corrected chi connectivity index (χ2v) is 6.96. The number of anilines is 2. The lowest BCUT2D eigenvalue weighted by molar-refractivity contribution is 0.0977. The highest BCUT2D eigenvalue weighted by Crippen LogP contribution is 2.25. The number of piperidine rings is 1. The predicted molar refractivity (Wildman–Crippen MR) is 110 cm³/mol. The molecule has 1 aromatic heterocycles. The lowest BCUT2D eigenvalue weighted by Crippen LogP contribution is -2.34. The number of carbonyl (C=O) groups is 1. The Balaban J connectivity index is 1.68. The SMILES string of the molecule is N#Cc1cc(C(=O)NC(=S)Nc2ccc(Cl)nc2)ccc1N1CCCCC1. The fourth-order valence-corrected chi connectivity index (χ4v) is 3.29. The standard InChI is InChI=1S/C19H18ClN5OS/c20-17-7-5-15(12-22-17)23-19(27)24-18(26)13-4-6-16(14(10-13)11-21)25-8-2-1-3-9-25/h4-7,10,12H,1-3,8-9H2,(H2,23,24,26,27). The van der Waals surface area contributed by atoms with Gasteiger partial charge in [0.05, 0.1) is 23.1 Å². The van der Waals surface area contributed by atoms with Crippen molar-refractivity contribution in [3.05, 3.63) is 52.8 Å². The number of thiocarbonyl (C=S) groups is 1. The molecule has 6 nitrogen and oxygen atoms in total. The van der Waals surface area contributed by atoms with Crippen LogP contribution >= 0.6 is 23.8 Å². The van der Waals surface area contributed by atoms with Crippen LogP contribution in [0, 0.1) is 11.3 Å². The largest absolute Gasteiger partial charge is 0.370 e. The maximum Gasteiger partial charge on any atom is 0.257 e. The van der Waals surface area contributed by atoms with Crippen LogP contribution in [0.25, 0.3) is 0 Å². The third kappa shape index (κ3) is 4.94. The summed E-state index contributed by atoms with van der Waals surface area (Å²) in [6.45, 7) is 1.87. The number of nitrogens with one attached hydrogen (secondary N) is 2. The summed E-state index contributed by atoms with van der Waals surface area (Å²) in [5.41, 5.74) is 2.36. The van der Waals surface area contributed by atoms with E-state index in [4.69, 9.17) is 23.8 Å². The first-order chi connectivity index (χ1) is 13.1. The van der Waals surface area contributed by atoms with Gasteiger partial charge >= 0.3 is 0 Å². The molecule has 138 valence electrons. The van der Waals surface area contributed by atoms with Crippen LogP contribution in [-0.2, 0) is 0 Å². The average Bonchev–Trinajstić information content (AvgIpc) is 2.69. The number of carbonyl (C=O) groups excluding carboxylic acids is 1. The molecule has 8 heteroatoms. The van der Waals surface area contributed by atoms with Crippen molar-refractivity contribution in [1.82, 2.24) is 10.3 Å². The summed E-state index contributed by atoms with van der Waals surface area (Å²) in [7, 11) is 0. The van der Waals surface area contributed by atoms with E-state index in [0.717, 1.165) is 31.6 Å². The number of benzene rings is 1. The minimum atomic E-state index is -0.379. The highest BCUT2D eigenvalue weighted by Gasteiger charge is 2.17. The first-order valence-electron chi connectivity index (χ1n) is 8.60. The Hall–Kier alpha value is -2.69. The van der Waals surface area contributed by atoms with Crippen LogP contribution in [0.4, 0.5) is 11.4 Å². The molecule has 0 aliphatic carbocycles. The fourth-order valence-electron chi connectivity index (χ4n) is 2.96. The van der Waals surface area contributed by atoms with E-state index in [0.29, 0.717) is 22.0 Å². The van der Waals surface area contributed by atoms with E-state index >= 15 is 0 Å². The molecule has 1 amide bonds. The lowest BCUT2D eigenvalue weighted by atomic mass is 10.0. The topological polar surface area (TPSA) is 81.0 Å². The van der Waals surface area contributed by atoms with Gasteiger partial charge in [0.25, 0.3) is 5.91 Å². The normalized spacial score (nSPS) is 13.6. The van der Waals surface area contributed by atoms with Gasteiger partial charge < -0.3 is 10.2 Å². The Morgan fingerprint density at radius 1 is 1.22 bits per heavy atom. The maximum absolute atomic E-state index is 12.5. The van der Waals surface area contributed by atoms with E-state index in [1.54, 1.807) is 24.3 Å². The predicted octanol–water partition coefficient (Wildman–Crippen LogP) is 3.72. The van der Waals surface area contributed by atoms with Crippen LogP contribution in [0.3, 0.4) is 0 Å². The molecule has 0 spiro atoms. The summed E-state index contributed by atoms with van der Waals surface area (Å²) in [6.07, 6.45) is 4.97. The zero-order valence-electron chi connectivity index (χ0n) is 14.5. The van der Waals surface area contributed by atoms with E-state index < -0.39 is 0 Å². The third-order valence-corrected chi connectivity index (χ3v) is 4.72. The number of pyridine rings is 1. The third-order valence-electron chi connectivity index (χ3n) is 4.29. The van der Waals surface area contributed by atoms with Gasteiger partial charge in [0.1, 0.15) is 11.2 Å². The highest BCUT2D eigenvalue weighted by molar-refractivity contribution is 7.80. The molecule has 27 heavy (non-hydrogen) atoms. The van der Waals surface area contributed by atoms with Crippen LogP contribution in [-0.4, -0.2) is 29.1 Å². The summed E-state index contributed by atoms with van der Waals surface area (Å²) in [6, 6.07) is 10.7. The van der Waals surface area contributed by atoms with Crippen molar-refractivity contribution in [2.75, 3.05) is 23.3 Å². The molecule has 1 fully saturated rings. The summed E-state index contributed by atoms with van der Waals surface area (Å²) in [5.74, 6) is -0.379. The monoisotopic (exact) mass is 399 g/mol. The maximum atomic E-state index is 12.5. The van der Waals surface area contributed by atoms with Gasteiger partial charge in [-0.25, -0.2) is 4.98 Å². The number of halogens is 1. The first-order valence-corrected chi connectivity index (χ1v) is 9.38. The molecule has 3 rings (SSSR count). The van der Waals surface area contributed by atoms with Crippen LogP contribution < -0.4 is 15.5 Å². The zero-order chi connectivity index (χ0) is 19.2. The van der Waals surface area contributed by atoms with Crippen molar-refractivity contribution in [3.8, 4) is 6.07 Å². The molecule has 2 heterocycles. The summed E-state index contributed by atoms with van der Waals surface area (Å²) in [4.78, 5) is 18.6. The first kappa shape index (κ1) is 19.1. The highest BCUT2D eigenvalue weighted by atomic mass is 35.5. The van der Waals surface area contributed by atoms with Crippen molar-refractivity contribution < 1.29 is 4.79 Å². The molecule has 1 saturated heterocycles. The van der Waals surface area contributed by atoms with Gasteiger partial charge in [0, 0.05) is 18.7 Å². The van der Waals surface area contributed by atoms with Gasteiger partial charge in [-0.15, -0.1) is 0 Å². The zero-order valence-corrected chi connectivity index (χ0v) is 16.1. The van der Waals surface area contributed by atoms with Gasteiger partial charge in [0.15, 0.2) is 5.11 Å². The molecule has 2 aromatic rings. The van der Waals surface area contributed by atoms with E-state index in [1.807, 2.05) is 6.07 Å². The number of nitrogens with zero attached hydrogens (tertiary/aromatic N) is 3. The van der Waals surface area contributed by atoms with Crippen LogP contribution in [0.15, 0.2) is 36.5 Å². The Labute approximate surface area is 168 Å². The van der Waals surface area contributed by atoms with E-state index in [9.17, 15) is 10.1 Å². The van der Waals surface area contributed by atoms with Crippen LogP contribution in [0.1, 0.15) is 35.2 Å². The van der Waals surface area contributed by atoms with Crippen molar-refractivity contribution in [2.24, 2.45) is 0 Å². The molecular formula is C19H18ClN5OS. The number of rotatable bonds is 3. The Bertz CT molecular complexity index is 888. The Kier molecular flexibility index (Phi) is 6.22. The fraction of sp³-hybridized carbons (Fsp3) is 0.263. The molecule has 1 aliphatic rings. The molecule has 0 radical (unpaired) electrons. The molecular weight excluding hydrogens is 382 g/mol. The number of nitriles is 1. The molecule has 1 aromatic carbocycles.